The van der Waals surface area contributed by atoms with Gasteiger partial charge in [-0.1, -0.05) is 17.7 Å². The van der Waals surface area contributed by atoms with Crippen molar-refractivity contribution in [3.63, 3.8) is 0 Å². The molecule has 0 saturated carbocycles. The standard InChI is InChI=1S/C18H17ClO5/c1-3-24-17-9-11(8-13(19)18(17)22)4-6-14(20)12-5-7-15(21)16(10-12)23-2/h4-10,21-22H,3H2,1-2H3/b6-4+. The van der Waals surface area contributed by atoms with Crippen LogP contribution in [0.5, 0.6) is 23.0 Å². The molecule has 6 heteroatoms. The zero-order valence-electron chi connectivity index (χ0n) is 13.2. The predicted molar refractivity (Wildman–Crippen MR) is 92.3 cm³/mol. The highest BCUT2D eigenvalue weighted by molar-refractivity contribution is 6.32. The maximum Gasteiger partial charge on any atom is 0.185 e. The van der Waals surface area contributed by atoms with Crippen molar-refractivity contribution in [2.75, 3.05) is 13.7 Å². The Morgan fingerprint density at radius 1 is 1.21 bits per heavy atom. The van der Waals surface area contributed by atoms with Crippen LogP contribution in [0.25, 0.3) is 6.08 Å². The van der Waals surface area contributed by atoms with E-state index < -0.39 is 0 Å². The Morgan fingerprint density at radius 3 is 2.62 bits per heavy atom. The summed E-state index contributed by atoms with van der Waals surface area (Å²) >= 11 is 5.95. The maximum absolute atomic E-state index is 12.2. The topological polar surface area (TPSA) is 76.0 Å². The highest BCUT2D eigenvalue weighted by Gasteiger charge is 2.10. The van der Waals surface area contributed by atoms with Crippen LogP contribution in [0.3, 0.4) is 0 Å². The number of carbonyl (C=O) groups is 1. The van der Waals surface area contributed by atoms with E-state index in [1.807, 2.05) is 0 Å². The van der Waals surface area contributed by atoms with Crippen molar-refractivity contribution in [2.24, 2.45) is 0 Å². The van der Waals surface area contributed by atoms with Gasteiger partial charge in [0.1, 0.15) is 0 Å². The van der Waals surface area contributed by atoms with Crippen LogP contribution in [0.15, 0.2) is 36.4 Å². The van der Waals surface area contributed by atoms with Gasteiger partial charge in [0.15, 0.2) is 28.8 Å². The third-order valence-corrected chi connectivity index (χ3v) is 3.53. The lowest BCUT2D eigenvalue weighted by atomic mass is 10.1. The average molecular weight is 349 g/mol. The number of hydrogen-bond acceptors (Lipinski definition) is 5. The molecular formula is C18H17ClO5. The molecule has 0 aliphatic rings. The fraction of sp³-hybridized carbons (Fsp3) is 0.167. The van der Waals surface area contributed by atoms with Gasteiger partial charge in [0.25, 0.3) is 0 Å². The molecule has 2 aromatic carbocycles. The monoisotopic (exact) mass is 348 g/mol. The number of ether oxygens (including phenoxy) is 2. The van der Waals surface area contributed by atoms with Gasteiger partial charge in [-0.25, -0.2) is 0 Å². The molecule has 2 aromatic rings. The molecule has 0 heterocycles. The van der Waals surface area contributed by atoms with Crippen molar-refractivity contribution < 1.29 is 24.5 Å². The van der Waals surface area contributed by atoms with Crippen LogP contribution in [-0.2, 0) is 0 Å². The number of ketones is 1. The van der Waals surface area contributed by atoms with Gasteiger partial charge in [0.05, 0.1) is 18.7 Å². The minimum atomic E-state index is -0.268. The van der Waals surface area contributed by atoms with Crippen molar-refractivity contribution in [3.05, 3.63) is 52.6 Å². The number of phenolic OH excluding ortho intramolecular Hbond substituents is 2. The summed E-state index contributed by atoms with van der Waals surface area (Å²) < 4.78 is 10.3. The van der Waals surface area contributed by atoms with E-state index >= 15 is 0 Å². The quantitative estimate of drug-likeness (QED) is 0.608. The predicted octanol–water partition coefficient (Wildman–Crippen LogP) is 4.05. The Balaban J connectivity index is 2.25. The molecule has 0 aliphatic heterocycles. The van der Waals surface area contributed by atoms with Gasteiger partial charge in [-0.3, -0.25) is 4.79 Å². The van der Waals surface area contributed by atoms with E-state index in [1.165, 1.54) is 37.5 Å². The number of aromatic hydroxyl groups is 2. The van der Waals surface area contributed by atoms with Gasteiger partial charge >= 0.3 is 0 Å². The third kappa shape index (κ3) is 4.00. The highest BCUT2D eigenvalue weighted by atomic mass is 35.5. The molecule has 126 valence electrons. The lowest BCUT2D eigenvalue weighted by Gasteiger charge is -2.08. The normalized spacial score (nSPS) is 10.8. The van der Waals surface area contributed by atoms with Crippen molar-refractivity contribution in [3.8, 4) is 23.0 Å². The summed E-state index contributed by atoms with van der Waals surface area (Å²) in [6.07, 6.45) is 2.93. The second kappa shape index (κ2) is 7.75. The lowest BCUT2D eigenvalue weighted by molar-refractivity contribution is 0.104. The average Bonchev–Trinajstić information content (AvgIpc) is 2.57. The Kier molecular flexibility index (Phi) is 5.71. The first-order valence-corrected chi connectivity index (χ1v) is 7.58. The largest absolute Gasteiger partial charge is 0.504 e. The lowest BCUT2D eigenvalue weighted by Crippen LogP contribution is -1.96. The number of allylic oxidation sites excluding steroid dienone is 1. The van der Waals surface area contributed by atoms with Crippen molar-refractivity contribution in [1.29, 1.82) is 0 Å². The maximum atomic E-state index is 12.2. The van der Waals surface area contributed by atoms with Gasteiger partial charge in [0, 0.05) is 5.56 Å². The fourth-order valence-corrected chi connectivity index (χ4v) is 2.27. The number of phenols is 2. The number of carbonyl (C=O) groups excluding carboxylic acids is 1. The highest BCUT2D eigenvalue weighted by Crippen LogP contribution is 2.35. The SMILES string of the molecule is CCOc1cc(/C=C/C(=O)c2ccc(O)c(OC)c2)cc(Cl)c1O. The Hall–Kier alpha value is -2.66. The molecule has 0 amide bonds. The zero-order valence-corrected chi connectivity index (χ0v) is 14.0. The van der Waals surface area contributed by atoms with Crippen molar-refractivity contribution in [1.82, 2.24) is 0 Å². The van der Waals surface area contributed by atoms with Crippen LogP contribution in [0, 0.1) is 0 Å². The molecular weight excluding hydrogens is 332 g/mol. The fourth-order valence-electron chi connectivity index (χ4n) is 2.05. The second-order valence-electron chi connectivity index (χ2n) is 4.87. The summed E-state index contributed by atoms with van der Waals surface area (Å²) in [4.78, 5) is 12.2. The molecule has 0 atom stereocenters. The minimum absolute atomic E-state index is 0.0373. The van der Waals surface area contributed by atoms with E-state index in [0.717, 1.165) is 0 Å². The molecule has 24 heavy (non-hydrogen) atoms. The number of hydrogen-bond donors (Lipinski definition) is 2. The van der Waals surface area contributed by atoms with Crippen molar-refractivity contribution >= 4 is 23.5 Å². The number of methoxy groups -OCH3 is 1. The minimum Gasteiger partial charge on any atom is -0.504 e. The number of rotatable bonds is 6. The first kappa shape index (κ1) is 17.7. The van der Waals surface area contributed by atoms with Crippen molar-refractivity contribution in [2.45, 2.75) is 6.92 Å². The number of benzene rings is 2. The van der Waals surface area contributed by atoms with E-state index in [-0.39, 0.29) is 33.8 Å². The molecule has 0 unspecified atom stereocenters. The van der Waals surface area contributed by atoms with Gasteiger partial charge in [-0.05, 0) is 48.9 Å². The van der Waals surface area contributed by atoms with Crippen LogP contribution in [0.1, 0.15) is 22.8 Å². The van der Waals surface area contributed by atoms with Crippen LogP contribution < -0.4 is 9.47 Å². The molecule has 0 fully saturated rings. The van der Waals surface area contributed by atoms with Gasteiger partial charge < -0.3 is 19.7 Å². The Morgan fingerprint density at radius 2 is 1.96 bits per heavy atom. The summed E-state index contributed by atoms with van der Waals surface area (Å²) in [6.45, 7) is 2.17. The van der Waals surface area contributed by atoms with E-state index in [9.17, 15) is 15.0 Å². The molecule has 0 aliphatic carbocycles. The summed E-state index contributed by atoms with van der Waals surface area (Å²) in [5, 5.41) is 19.5. The zero-order chi connectivity index (χ0) is 17.7. The number of halogens is 1. The summed E-state index contributed by atoms with van der Waals surface area (Å²) in [6, 6.07) is 7.47. The third-order valence-electron chi connectivity index (χ3n) is 3.24. The van der Waals surface area contributed by atoms with Crippen LogP contribution in [0.4, 0.5) is 0 Å². The molecule has 5 nitrogen and oxygen atoms in total. The molecule has 0 saturated heterocycles. The summed E-state index contributed by atoms with van der Waals surface area (Å²) in [5.41, 5.74) is 0.983. The van der Waals surface area contributed by atoms with Crippen LogP contribution in [0.2, 0.25) is 5.02 Å². The van der Waals surface area contributed by atoms with Gasteiger partial charge in [-0.15, -0.1) is 0 Å². The molecule has 2 N–H and O–H groups in total. The van der Waals surface area contributed by atoms with Gasteiger partial charge in [-0.2, -0.15) is 0 Å². The Labute approximate surface area is 144 Å². The molecule has 0 radical (unpaired) electrons. The smallest absolute Gasteiger partial charge is 0.185 e. The summed E-state index contributed by atoms with van der Waals surface area (Å²) in [5.74, 6) is 0.0365. The molecule has 2 rings (SSSR count). The van der Waals surface area contributed by atoms with E-state index in [2.05, 4.69) is 0 Å². The van der Waals surface area contributed by atoms with Gasteiger partial charge in [0.2, 0.25) is 0 Å². The van der Waals surface area contributed by atoms with E-state index in [0.29, 0.717) is 17.7 Å². The van der Waals surface area contributed by atoms with Crippen LogP contribution >= 0.6 is 11.6 Å². The second-order valence-corrected chi connectivity index (χ2v) is 5.27. The molecule has 0 aromatic heterocycles. The van der Waals surface area contributed by atoms with E-state index in [1.54, 1.807) is 19.1 Å². The first-order valence-electron chi connectivity index (χ1n) is 7.21. The summed E-state index contributed by atoms with van der Waals surface area (Å²) in [7, 11) is 1.41. The van der Waals surface area contributed by atoms with E-state index in [4.69, 9.17) is 21.1 Å². The molecule has 0 bridgehead atoms. The molecule has 0 spiro atoms. The first-order chi connectivity index (χ1) is 11.5. The Bertz CT molecular complexity index is 783. The van der Waals surface area contributed by atoms with Crippen LogP contribution in [-0.4, -0.2) is 29.7 Å².